The van der Waals surface area contributed by atoms with Gasteiger partial charge in [0, 0.05) is 11.1 Å². The van der Waals surface area contributed by atoms with Crippen LogP contribution in [-0.4, -0.2) is 16.1 Å². The first-order chi connectivity index (χ1) is 17.3. The van der Waals surface area contributed by atoms with Gasteiger partial charge in [0.25, 0.3) is 11.1 Å². The second-order valence-corrected chi connectivity index (χ2v) is 10.5. The molecule has 1 saturated heterocycles. The SMILES string of the molecule is O=C1S/C(=C/c2cc(Br)c(Oc3ccc(C(F)(F)F)cc3[N+](=O)[O-])c(Br)c2)C(=O)N1c1ccc(Cl)cc1. The highest BCUT2D eigenvalue weighted by molar-refractivity contribution is 9.11. The maximum Gasteiger partial charge on any atom is 0.416 e. The van der Waals surface area contributed by atoms with Gasteiger partial charge in [-0.15, -0.1) is 0 Å². The second kappa shape index (κ2) is 10.5. The van der Waals surface area contributed by atoms with Gasteiger partial charge in [0.2, 0.25) is 5.75 Å². The molecule has 7 nitrogen and oxygen atoms in total. The lowest BCUT2D eigenvalue weighted by molar-refractivity contribution is -0.385. The van der Waals surface area contributed by atoms with Crippen molar-refractivity contribution < 1.29 is 32.4 Å². The minimum atomic E-state index is -4.76. The van der Waals surface area contributed by atoms with Gasteiger partial charge in [-0.2, -0.15) is 13.2 Å². The van der Waals surface area contributed by atoms with Crippen molar-refractivity contribution in [1.29, 1.82) is 0 Å². The number of hydrogen-bond donors (Lipinski definition) is 0. The van der Waals surface area contributed by atoms with Crippen LogP contribution < -0.4 is 9.64 Å². The van der Waals surface area contributed by atoms with Crippen LogP contribution in [0.25, 0.3) is 6.08 Å². The zero-order valence-electron chi connectivity index (χ0n) is 17.9. The molecule has 1 aliphatic heterocycles. The van der Waals surface area contributed by atoms with Gasteiger partial charge in [-0.3, -0.25) is 19.7 Å². The van der Waals surface area contributed by atoms with Gasteiger partial charge >= 0.3 is 11.9 Å². The Hall–Kier alpha value is -2.87. The van der Waals surface area contributed by atoms with Gasteiger partial charge in [-0.1, -0.05) is 11.6 Å². The molecule has 0 saturated carbocycles. The number of thioether (sulfide) groups is 1. The summed E-state index contributed by atoms with van der Waals surface area (Å²) in [5.74, 6) is -0.893. The van der Waals surface area contributed by atoms with Crippen molar-refractivity contribution >= 4 is 83.8 Å². The number of carbonyl (C=O) groups excluding carboxylic acids is 2. The highest BCUT2D eigenvalue weighted by Gasteiger charge is 2.36. The fraction of sp³-hybridized carbons (Fsp3) is 0.0435. The standard InChI is InChI=1S/C23H10Br2ClF3N2O5S/c24-15-7-11(9-19-21(32)30(22(33)37-19)14-4-2-13(26)3-5-14)8-16(25)20(15)36-18-6-1-12(23(27,28)29)10-17(18)31(34)35/h1-10H/b19-9+. The fourth-order valence-electron chi connectivity index (χ4n) is 3.22. The van der Waals surface area contributed by atoms with Crippen molar-refractivity contribution in [3.63, 3.8) is 0 Å². The fourth-order valence-corrected chi connectivity index (χ4v) is 5.58. The lowest BCUT2D eigenvalue weighted by Crippen LogP contribution is -2.27. The number of nitro benzene ring substituents is 1. The van der Waals surface area contributed by atoms with E-state index in [0.29, 0.717) is 28.4 Å². The van der Waals surface area contributed by atoms with Crippen LogP contribution in [0.5, 0.6) is 11.5 Å². The minimum absolute atomic E-state index is 0.0503. The number of rotatable bonds is 5. The van der Waals surface area contributed by atoms with E-state index < -0.39 is 39.2 Å². The van der Waals surface area contributed by atoms with Crippen LogP contribution in [-0.2, 0) is 11.0 Å². The number of benzene rings is 3. The van der Waals surface area contributed by atoms with Gasteiger partial charge in [-0.25, -0.2) is 4.90 Å². The summed E-state index contributed by atoms with van der Waals surface area (Å²) in [6.45, 7) is 0. The summed E-state index contributed by atoms with van der Waals surface area (Å²) in [7, 11) is 0. The van der Waals surface area contributed by atoms with Gasteiger partial charge in [-0.05, 0) is 104 Å². The van der Waals surface area contributed by atoms with E-state index in [1.807, 2.05) is 0 Å². The van der Waals surface area contributed by atoms with Gasteiger partial charge in [0.05, 0.1) is 30.0 Å². The molecule has 0 N–H and O–H groups in total. The number of nitrogens with zero attached hydrogens (tertiary/aromatic N) is 2. The number of alkyl halides is 3. The molecule has 190 valence electrons. The van der Waals surface area contributed by atoms with Gasteiger partial charge in [0.15, 0.2) is 5.75 Å². The van der Waals surface area contributed by atoms with Crippen LogP contribution in [0.4, 0.5) is 29.3 Å². The highest BCUT2D eigenvalue weighted by atomic mass is 79.9. The zero-order valence-corrected chi connectivity index (χ0v) is 22.6. The summed E-state index contributed by atoms with van der Waals surface area (Å²) < 4.78 is 45.1. The Bertz CT molecular complexity index is 1460. The number of imide groups is 1. The molecule has 3 aromatic rings. The van der Waals surface area contributed by atoms with E-state index in [1.165, 1.54) is 18.2 Å². The number of halogens is 6. The lowest BCUT2D eigenvalue weighted by atomic mass is 10.1. The number of nitro groups is 1. The average Bonchev–Trinajstić information content (AvgIpc) is 3.08. The molecular weight excluding hydrogens is 669 g/mol. The molecule has 2 amide bonds. The molecule has 3 aromatic carbocycles. The maximum atomic E-state index is 13.0. The topological polar surface area (TPSA) is 89.7 Å². The van der Waals surface area contributed by atoms with E-state index in [0.717, 1.165) is 22.7 Å². The third-order valence-corrected chi connectivity index (χ3v) is 7.19. The maximum absolute atomic E-state index is 13.0. The number of anilines is 1. The largest absolute Gasteiger partial charge is 0.448 e. The molecule has 1 aliphatic rings. The molecule has 0 spiro atoms. The van der Waals surface area contributed by atoms with E-state index in [4.69, 9.17) is 16.3 Å². The molecule has 1 heterocycles. The molecule has 4 rings (SSSR count). The van der Waals surface area contributed by atoms with Crippen LogP contribution in [0.2, 0.25) is 5.02 Å². The Morgan fingerprint density at radius 2 is 1.65 bits per heavy atom. The minimum Gasteiger partial charge on any atom is -0.448 e. The molecule has 0 unspecified atom stereocenters. The first-order valence-electron chi connectivity index (χ1n) is 9.91. The molecule has 0 bridgehead atoms. The third kappa shape index (κ3) is 5.84. The van der Waals surface area contributed by atoms with Crippen molar-refractivity contribution in [2.24, 2.45) is 0 Å². The van der Waals surface area contributed by atoms with Crippen molar-refractivity contribution in [2.45, 2.75) is 6.18 Å². The van der Waals surface area contributed by atoms with Crippen molar-refractivity contribution in [3.8, 4) is 11.5 Å². The first kappa shape index (κ1) is 27.2. The predicted molar refractivity (Wildman–Crippen MR) is 140 cm³/mol. The van der Waals surface area contributed by atoms with Crippen LogP contribution >= 0.6 is 55.2 Å². The molecule has 0 aliphatic carbocycles. The lowest BCUT2D eigenvalue weighted by Gasteiger charge is -2.13. The summed E-state index contributed by atoms with van der Waals surface area (Å²) >= 11 is 13.2. The summed E-state index contributed by atoms with van der Waals surface area (Å²) in [5.41, 5.74) is -1.23. The van der Waals surface area contributed by atoms with Crippen LogP contribution in [0.3, 0.4) is 0 Å². The average molecular weight is 679 g/mol. The molecule has 37 heavy (non-hydrogen) atoms. The predicted octanol–water partition coefficient (Wildman–Crippen LogP) is 8.83. The molecule has 0 atom stereocenters. The van der Waals surface area contributed by atoms with Gasteiger partial charge < -0.3 is 4.74 Å². The Labute approximate surface area is 232 Å². The second-order valence-electron chi connectivity index (χ2n) is 7.35. The van der Waals surface area contributed by atoms with E-state index in [1.54, 1.807) is 24.3 Å². The summed E-state index contributed by atoms with van der Waals surface area (Å²) in [6, 6.07) is 11.2. The molecule has 0 radical (unpaired) electrons. The quantitative estimate of drug-likeness (QED) is 0.152. The molecular formula is C23H10Br2ClF3N2O5S. The molecule has 14 heteroatoms. The summed E-state index contributed by atoms with van der Waals surface area (Å²) in [5, 5.41) is 11.3. The van der Waals surface area contributed by atoms with Crippen molar-refractivity contribution in [3.05, 3.63) is 94.7 Å². The Kier molecular flexibility index (Phi) is 7.70. The van der Waals surface area contributed by atoms with E-state index in [2.05, 4.69) is 31.9 Å². The summed E-state index contributed by atoms with van der Waals surface area (Å²) in [6.07, 6.45) is -3.29. The van der Waals surface area contributed by atoms with Crippen LogP contribution in [0.15, 0.2) is 68.4 Å². The Morgan fingerprint density at radius 1 is 1.03 bits per heavy atom. The zero-order chi connectivity index (χ0) is 27.1. The number of hydrogen-bond acceptors (Lipinski definition) is 6. The Balaban J connectivity index is 1.63. The van der Waals surface area contributed by atoms with Crippen molar-refractivity contribution in [1.82, 2.24) is 0 Å². The summed E-state index contributed by atoms with van der Waals surface area (Å²) in [4.78, 5) is 36.9. The number of amides is 2. The van der Waals surface area contributed by atoms with E-state index in [-0.39, 0.29) is 19.6 Å². The van der Waals surface area contributed by atoms with E-state index >= 15 is 0 Å². The smallest absolute Gasteiger partial charge is 0.416 e. The number of carbonyl (C=O) groups is 2. The first-order valence-corrected chi connectivity index (χ1v) is 12.7. The van der Waals surface area contributed by atoms with Crippen molar-refractivity contribution in [2.75, 3.05) is 4.90 Å². The van der Waals surface area contributed by atoms with Gasteiger partial charge in [0.1, 0.15) is 0 Å². The van der Waals surface area contributed by atoms with Crippen LogP contribution in [0, 0.1) is 10.1 Å². The number of ether oxygens (including phenoxy) is 1. The third-order valence-electron chi connectivity index (χ3n) is 4.89. The monoisotopic (exact) mass is 676 g/mol. The normalized spacial score (nSPS) is 15.0. The van der Waals surface area contributed by atoms with Crippen LogP contribution in [0.1, 0.15) is 11.1 Å². The molecule has 0 aromatic heterocycles. The molecule has 1 fully saturated rings. The Morgan fingerprint density at radius 3 is 2.22 bits per heavy atom. The van der Waals surface area contributed by atoms with E-state index in [9.17, 15) is 32.9 Å². The highest BCUT2D eigenvalue weighted by Crippen LogP contribution is 2.43.